The molecule has 5 nitrogen and oxygen atoms in total. The van der Waals surface area contributed by atoms with Gasteiger partial charge in [-0.15, -0.1) is 0 Å². The zero-order valence-electron chi connectivity index (χ0n) is 10.1. The first-order valence-electron chi connectivity index (χ1n) is 5.78. The van der Waals surface area contributed by atoms with Crippen molar-refractivity contribution < 1.29 is 14.6 Å². The summed E-state index contributed by atoms with van der Waals surface area (Å²) in [6.07, 6.45) is 6.05. The fourth-order valence-electron chi connectivity index (χ4n) is 1.64. The first kappa shape index (κ1) is 13.4. The number of carboxylic acids is 1. The summed E-state index contributed by atoms with van der Waals surface area (Å²) >= 11 is 5.83. The molecular formula is C13H13ClN2O3. The minimum atomic E-state index is -1.03. The molecule has 1 heterocycles. The molecule has 1 aromatic carbocycles. The zero-order chi connectivity index (χ0) is 13.7. The standard InChI is InChI=1S/C13H13ClN2O3/c14-10-2-3-11(13(17)18)12(8-10)19-7-1-5-16-6-4-15-9-16/h2-4,6,8-9H,1,5,7H2,(H,17,18). The fourth-order valence-corrected chi connectivity index (χ4v) is 1.80. The fraction of sp³-hybridized carbons (Fsp3) is 0.231. The molecule has 19 heavy (non-hydrogen) atoms. The highest BCUT2D eigenvalue weighted by Gasteiger charge is 2.11. The van der Waals surface area contributed by atoms with Gasteiger partial charge in [0.15, 0.2) is 0 Å². The molecule has 2 rings (SSSR count). The number of benzene rings is 1. The number of carboxylic acid groups (broad SMARTS) is 1. The van der Waals surface area contributed by atoms with Gasteiger partial charge >= 0.3 is 5.97 Å². The Bertz CT molecular complexity index is 555. The number of halogens is 1. The Morgan fingerprint density at radius 3 is 3.00 bits per heavy atom. The average molecular weight is 281 g/mol. The third kappa shape index (κ3) is 3.72. The van der Waals surface area contributed by atoms with E-state index in [0.717, 1.165) is 13.0 Å². The van der Waals surface area contributed by atoms with Gasteiger partial charge in [-0.2, -0.15) is 0 Å². The van der Waals surface area contributed by atoms with E-state index in [9.17, 15) is 4.79 Å². The Balaban J connectivity index is 1.91. The second-order valence-electron chi connectivity index (χ2n) is 3.95. The first-order chi connectivity index (χ1) is 9.16. The van der Waals surface area contributed by atoms with Crippen LogP contribution in [0.1, 0.15) is 16.8 Å². The number of ether oxygens (including phenoxy) is 1. The Hall–Kier alpha value is -2.01. The van der Waals surface area contributed by atoms with Gasteiger partial charge in [0.05, 0.1) is 12.9 Å². The maximum Gasteiger partial charge on any atom is 0.339 e. The maximum absolute atomic E-state index is 11.0. The van der Waals surface area contributed by atoms with Crippen molar-refractivity contribution in [2.24, 2.45) is 0 Å². The largest absolute Gasteiger partial charge is 0.493 e. The summed E-state index contributed by atoms with van der Waals surface area (Å²) in [5.74, 6) is -0.730. The predicted octanol–water partition coefficient (Wildman–Crippen LogP) is 2.70. The van der Waals surface area contributed by atoms with Crippen LogP contribution < -0.4 is 4.74 Å². The highest BCUT2D eigenvalue weighted by atomic mass is 35.5. The van der Waals surface area contributed by atoms with Crippen molar-refractivity contribution in [2.75, 3.05) is 6.61 Å². The number of imidazole rings is 1. The minimum absolute atomic E-state index is 0.118. The monoisotopic (exact) mass is 280 g/mol. The third-order valence-corrected chi connectivity index (χ3v) is 2.79. The smallest absolute Gasteiger partial charge is 0.339 e. The number of aryl methyl sites for hydroxylation is 1. The van der Waals surface area contributed by atoms with Crippen LogP contribution in [-0.4, -0.2) is 27.2 Å². The van der Waals surface area contributed by atoms with Crippen molar-refractivity contribution in [1.29, 1.82) is 0 Å². The lowest BCUT2D eigenvalue weighted by Gasteiger charge is -2.09. The van der Waals surface area contributed by atoms with E-state index in [4.69, 9.17) is 21.4 Å². The van der Waals surface area contributed by atoms with E-state index in [1.807, 2.05) is 10.8 Å². The van der Waals surface area contributed by atoms with E-state index in [0.29, 0.717) is 17.4 Å². The Morgan fingerprint density at radius 1 is 1.47 bits per heavy atom. The van der Waals surface area contributed by atoms with E-state index in [1.165, 1.54) is 18.2 Å². The Labute approximate surface area is 115 Å². The molecule has 0 atom stereocenters. The van der Waals surface area contributed by atoms with Gasteiger partial charge in [0.2, 0.25) is 0 Å². The molecule has 2 aromatic rings. The lowest BCUT2D eigenvalue weighted by molar-refractivity contribution is 0.0692. The highest BCUT2D eigenvalue weighted by molar-refractivity contribution is 6.30. The number of aromatic carboxylic acids is 1. The van der Waals surface area contributed by atoms with Crippen molar-refractivity contribution in [1.82, 2.24) is 9.55 Å². The van der Waals surface area contributed by atoms with Gasteiger partial charge in [-0.3, -0.25) is 0 Å². The minimum Gasteiger partial charge on any atom is -0.493 e. The van der Waals surface area contributed by atoms with Crippen molar-refractivity contribution in [3.8, 4) is 5.75 Å². The summed E-state index contributed by atoms with van der Waals surface area (Å²) in [4.78, 5) is 15.0. The number of aromatic nitrogens is 2. The van der Waals surface area contributed by atoms with Gasteiger partial charge in [-0.05, 0) is 24.6 Å². The summed E-state index contributed by atoms with van der Waals surface area (Å²) < 4.78 is 7.41. The summed E-state index contributed by atoms with van der Waals surface area (Å²) in [5, 5.41) is 9.48. The van der Waals surface area contributed by atoms with Gasteiger partial charge in [0, 0.05) is 24.0 Å². The van der Waals surface area contributed by atoms with Gasteiger partial charge in [-0.1, -0.05) is 11.6 Å². The van der Waals surface area contributed by atoms with Crippen LogP contribution in [0.3, 0.4) is 0 Å². The lowest BCUT2D eigenvalue weighted by atomic mass is 10.2. The molecule has 1 N–H and O–H groups in total. The summed E-state index contributed by atoms with van der Waals surface area (Å²) in [6.45, 7) is 1.18. The van der Waals surface area contributed by atoms with Crippen LogP contribution in [-0.2, 0) is 6.54 Å². The van der Waals surface area contributed by atoms with Crippen LogP contribution in [0.25, 0.3) is 0 Å². The molecule has 0 radical (unpaired) electrons. The number of hydrogen-bond donors (Lipinski definition) is 1. The van der Waals surface area contributed by atoms with Gasteiger partial charge in [0.25, 0.3) is 0 Å². The molecule has 0 saturated heterocycles. The SMILES string of the molecule is O=C(O)c1ccc(Cl)cc1OCCCn1ccnc1. The van der Waals surface area contributed by atoms with Gasteiger partial charge < -0.3 is 14.4 Å². The topological polar surface area (TPSA) is 64.3 Å². The van der Waals surface area contributed by atoms with Gasteiger partial charge in [0.1, 0.15) is 11.3 Å². The van der Waals surface area contributed by atoms with E-state index in [1.54, 1.807) is 12.5 Å². The molecule has 0 spiro atoms. The lowest BCUT2D eigenvalue weighted by Crippen LogP contribution is -2.06. The first-order valence-corrected chi connectivity index (χ1v) is 6.16. The van der Waals surface area contributed by atoms with Crippen LogP contribution in [0.15, 0.2) is 36.9 Å². The molecular weight excluding hydrogens is 268 g/mol. The van der Waals surface area contributed by atoms with Gasteiger partial charge in [-0.25, -0.2) is 9.78 Å². The molecule has 1 aromatic heterocycles. The number of hydrogen-bond acceptors (Lipinski definition) is 3. The molecule has 0 fully saturated rings. The summed E-state index contributed by atoms with van der Waals surface area (Å²) in [5.41, 5.74) is 0.118. The molecule has 0 aliphatic heterocycles. The second-order valence-corrected chi connectivity index (χ2v) is 4.38. The molecule has 0 unspecified atom stereocenters. The molecule has 0 saturated carbocycles. The Morgan fingerprint density at radius 2 is 2.32 bits per heavy atom. The molecule has 0 aliphatic carbocycles. The number of rotatable bonds is 6. The van der Waals surface area contributed by atoms with E-state index >= 15 is 0 Å². The van der Waals surface area contributed by atoms with E-state index < -0.39 is 5.97 Å². The third-order valence-electron chi connectivity index (χ3n) is 2.55. The van der Waals surface area contributed by atoms with Crippen LogP contribution in [0.2, 0.25) is 5.02 Å². The molecule has 100 valence electrons. The van der Waals surface area contributed by atoms with E-state index in [2.05, 4.69) is 4.98 Å². The van der Waals surface area contributed by atoms with Crippen molar-refractivity contribution in [2.45, 2.75) is 13.0 Å². The van der Waals surface area contributed by atoms with E-state index in [-0.39, 0.29) is 5.56 Å². The van der Waals surface area contributed by atoms with Crippen LogP contribution in [0.5, 0.6) is 5.75 Å². The van der Waals surface area contributed by atoms with Crippen molar-refractivity contribution in [3.05, 3.63) is 47.5 Å². The molecule has 0 bridgehead atoms. The van der Waals surface area contributed by atoms with Crippen LogP contribution in [0.4, 0.5) is 0 Å². The Kier molecular flexibility index (Phi) is 4.41. The second kappa shape index (κ2) is 6.24. The summed E-state index contributed by atoms with van der Waals surface area (Å²) in [7, 11) is 0. The number of carbonyl (C=O) groups is 1. The number of nitrogens with zero attached hydrogens (tertiary/aromatic N) is 2. The normalized spacial score (nSPS) is 10.4. The van der Waals surface area contributed by atoms with Crippen molar-refractivity contribution >= 4 is 17.6 Å². The zero-order valence-corrected chi connectivity index (χ0v) is 10.9. The molecule has 0 amide bonds. The quantitative estimate of drug-likeness (QED) is 0.826. The van der Waals surface area contributed by atoms with Crippen LogP contribution in [0, 0.1) is 0 Å². The maximum atomic E-state index is 11.0. The van der Waals surface area contributed by atoms with Crippen molar-refractivity contribution in [3.63, 3.8) is 0 Å². The molecule has 6 heteroatoms. The molecule has 0 aliphatic rings. The highest BCUT2D eigenvalue weighted by Crippen LogP contribution is 2.23. The average Bonchev–Trinajstić information content (AvgIpc) is 2.87. The predicted molar refractivity (Wildman–Crippen MR) is 70.8 cm³/mol. The summed E-state index contributed by atoms with van der Waals surface area (Å²) in [6, 6.07) is 4.49. The van der Waals surface area contributed by atoms with Crippen LogP contribution >= 0.6 is 11.6 Å².